The second kappa shape index (κ2) is 5.11. The first-order valence-electron chi connectivity index (χ1n) is 6.53. The molecule has 4 heteroatoms. The minimum absolute atomic E-state index is 0.0190. The van der Waals surface area contributed by atoms with Crippen LogP contribution in [0.1, 0.15) is 25.0 Å². The molecule has 1 aromatic rings. The fourth-order valence-electron chi connectivity index (χ4n) is 2.78. The molecule has 3 nitrogen and oxygen atoms in total. The Labute approximate surface area is 113 Å². The molecule has 2 atom stereocenters. The Bertz CT molecular complexity index is 434. The van der Waals surface area contributed by atoms with E-state index in [0.29, 0.717) is 17.0 Å². The maximum Gasteiger partial charge on any atom is 0.115 e. The van der Waals surface area contributed by atoms with Crippen LogP contribution in [0.2, 0.25) is 0 Å². The summed E-state index contributed by atoms with van der Waals surface area (Å²) in [4.78, 5) is 0. The van der Waals surface area contributed by atoms with Crippen LogP contribution in [-0.4, -0.2) is 28.7 Å². The van der Waals surface area contributed by atoms with Gasteiger partial charge in [0.25, 0.3) is 0 Å². The Balaban J connectivity index is 2.34. The summed E-state index contributed by atoms with van der Waals surface area (Å²) in [5.74, 6) is 1.46. The SMILES string of the molecule is CC1(C)c2cc(O)ccc2CC(SCC[NH3+])C1[NH3+]. The van der Waals surface area contributed by atoms with Crippen molar-refractivity contribution in [1.82, 2.24) is 0 Å². The Kier molecular flexibility index (Phi) is 3.90. The first kappa shape index (κ1) is 13.7. The van der Waals surface area contributed by atoms with Crippen molar-refractivity contribution in [3.05, 3.63) is 29.3 Å². The first-order chi connectivity index (χ1) is 8.46. The molecule has 2 rings (SSSR count). The van der Waals surface area contributed by atoms with Crippen LogP contribution in [0.5, 0.6) is 5.75 Å². The van der Waals surface area contributed by atoms with E-state index in [1.165, 1.54) is 11.1 Å². The van der Waals surface area contributed by atoms with Gasteiger partial charge in [0.15, 0.2) is 0 Å². The second-order valence-corrected chi connectivity index (χ2v) is 6.98. The van der Waals surface area contributed by atoms with E-state index < -0.39 is 0 Å². The molecule has 100 valence electrons. The van der Waals surface area contributed by atoms with Crippen LogP contribution in [0.25, 0.3) is 0 Å². The number of aromatic hydroxyl groups is 1. The third kappa shape index (κ3) is 2.37. The van der Waals surface area contributed by atoms with Gasteiger partial charge >= 0.3 is 0 Å². The fourth-order valence-corrected chi connectivity index (χ4v) is 4.11. The standard InChI is InChI=1S/C14H22N2OS/c1-14(2)11-8-10(17)4-3-9(11)7-12(13(14)16)18-6-5-15/h3-4,8,12-13,17H,5-7,15-16H2,1-2H3/p+2. The van der Waals surface area contributed by atoms with Gasteiger partial charge in [0, 0.05) is 11.2 Å². The Morgan fingerprint density at radius 2 is 2.17 bits per heavy atom. The van der Waals surface area contributed by atoms with Gasteiger partial charge in [0.2, 0.25) is 0 Å². The number of fused-ring (bicyclic) bond motifs is 1. The highest BCUT2D eigenvalue weighted by Crippen LogP contribution is 2.40. The number of phenols is 1. The molecular formula is C14H24N2OS+2. The molecule has 1 aliphatic carbocycles. The highest BCUT2D eigenvalue weighted by molar-refractivity contribution is 7.99. The van der Waals surface area contributed by atoms with Crippen LogP contribution in [0, 0.1) is 0 Å². The van der Waals surface area contributed by atoms with Crippen LogP contribution < -0.4 is 11.5 Å². The van der Waals surface area contributed by atoms with Crippen molar-refractivity contribution in [2.75, 3.05) is 12.3 Å². The Morgan fingerprint density at radius 1 is 1.44 bits per heavy atom. The molecule has 0 fully saturated rings. The quantitative estimate of drug-likeness (QED) is 0.731. The Morgan fingerprint density at radius 3 is 2.83 bits per heavy atom. The van der Waals surface area contributed by atoms with Gasteiger partial charge in [-0.2, -0.15) is 0 Å². The van der Waals surface area contributed by atoms with E-state index in [1.807, 2.05) is 17.8 Å². The van der Waals surface area contributed by atoms with Crippen molar-refractivity contribution >= 4 is 11.8 Å². The van der Waals surface area contributed by atoms with Gasteiger partial charge in [-0.15, -0.1) is 11.8 Å². The summed E-state index contributed by atoms with van der Waals surface area (Å²) in [5.41, 5.74) is 10.9. The molecule has 0 heterocycles. The summed E-state index contributed by atoms with van der Waals surface area (Å²) in [6.07, 6.45) is 1.05. The largest absolute Gasteiger partial charge is 0.508 e. The average Bonchev–Trinajstić information content (AvgIpc) is 2.33. The molecule has 0 aliphatic heterocycles. The summed E-state index contributed by atoms with van der Waals surface area (Å²) in [5, 5.41) is 10.2. The minimum atomic E-state index is 0.0190. The molecule has 0 amide bonds. The lowest BCUT2D eigenvalue weighted by Crippen LogP contribution is -2.74. The molecular weight excluding hydrogens is 244 g/mol. The first-order valence-corrected chi connectivity index (χ1v) is 7.58. The number of phenolic OH excluding ortho intramolecular Hbond substituents is 1. The second-order valence-electron chi connectivity index (χ2n) is 5.64. The van der Waals surface area contributed by atoms with Gasteiger partial charge in [-0.1, -0.05) is 19.9 Å². The molecule has 0 saturated heterocycles. The van der Waals surface area contributed by atoms with E-state index in [4.69, 9.17) is 0 Å². The van der Waals surface area contributed by atoms with Crippen molar-refractivity contribution in [3.63, 3.8) is 0 Å². The normalized spacial score (nSPS) is 25.8. The lowest BCUT2D eigenvalue weighted by Gasteiger charge is -2.40. The predicted octanol–water partition coefficient (Wildman–Crippen LogP) is 0.180. The molecule has 1 aliphatic rings. The minimum Gasteiger partial charge on any atom is -0.508 e. The number of rotatable bonds is 3. The van der Waals surface area contributed by atoms with Gasteiger partial charge in [-0.25, -0.2) is 0 Å². The number of hydrogen-bond donors (Lipinski definition) is 3. The number of benzene rings is 1. The third-order valence-corrected chi connectivity index (χ3v) is 5.51. The molecule has 0 bridgehead atoms. The van der Waals surface area contributed by atoms with E-state index in [0.717, 1.165) is 18.7 Å². The smallest absolute Gasteiger partial charge is 0.115 e. The third-order valence-electron chi connectivity index (χ3n) is 4.06. The van der Waals surface area contributed by atoms with Gasteiger partial charge < -0.3 is 16.6 Å². The van der Waals surface area contributed by atoms with Crippen molar-refractivity contribution in [1.29, 1.82) is 0 Å². The van der Waals surface area contributed by atoms with Crippen molar-refractivity contribution in [2.45, 2.75) is 37.0 Å². The van der Waals surface area contributed by atoms with Crippen molar-refractivity contribution in [2.24, 2.45) is 0 Å². The van der Waals surface area contributed by atoms with Crippen LogP contribution in [0.15, 0.2) is 18.2 Å². The van der Waals surface area contributed by atoms with E-state index >= 15 is 0 Å². The van der Waals surface area contributed by atoms with Gasteiger partial charge in [-0.3, -0.25) is 0 Å². The van der Waals surface area contributed by atoms with E-state index in [2.05, 4.69) is 31.4 Å². The maximum atomic E-state index is 9.68. The zero-order valence-corrected chi connectivity index (χ0v) is 12.1. The topological polar surface area (TPSA) is 75.5 Å². The average molecular weight is 268 g/mol. The highest BCUT2D eigenvalue weighted by atomic mass is 32.2. The summed E-state index contributed by atoms with van der Waals surface area (Å²) >= 11 is 1.99. The summed E-state index contributed by atoms with van der Waals surface area (Å²) in [6.45, 7) is 5.44. The summed E-state index contributed by atoms with van der Waals surface area (Å²) in [6, 6.07) is 6.14. The number of quaternary nitrogens is 2. The zero-order valence-electron chi connectivity index (χ0n) is 11.3. The number of hydrogen-bond acceptors (Lipinski definition) is 2. The molecule has 0 saturated carbocycles. The molecule has 1 aromatic carbocycles. The molecule has 7 N–H and O–H groups in total. The van der Waals surface area contributed by atoms with Crippen LogP contribution in [-0.2, 0) is 11.8 Å². The maximum absolute atomic E-state index is 9.68. The van der Waals surface area contributed by atoms with E-state index in [1.54, 1.807) is 6.07 Å². The van der Waals surface area contributed by atoms with Gasteiger partial charge in [0.1, 0.15) is 11.8 Å². The summed E-state index contributed by atoms with van der Waals surface area (Å²) < 4.78 is 0. The fraction of sp³-hybridized carbons (Fsp3) is 0.571. The molecule has 0 aromatic heterocycles. The lowest BCUT2D eigenvalue weighted by molar-refractivity contribution is -0.435. The van der Waals surface area contributed by atoms with Gasteiger partial charge in [-0.05, 0) is 29.7 Å². The zero-order chi connectivity index (χ0) is 13.3. The molecule has 18 heavy (non-hydrogen) atoms. The number of thioether (sulfide) groups is 1. The Hall–Kier alpha value is -0.710. The van der Waals surface area contributed by atoms with Crippen LogP contribution in [0.4, 0.5) is 0 Å². The van der Waals surface area contributed by atoms with Crippen molar-refractivity contribution < 1.29 is 16.6 Å². The highest BCUT2D eigenvalue weighted by Gasteiger charge is 2.43. The molecule has 2 unspecified atom stereocenters. The van der Waals surface area contributed by atoms with Crippen LogP contribution in [0.3, 0.4) is 0 Å². The predicted molar refractivity (Wildman–Crippen MR) is 75.5 cm³/mol. The lowest BCUT2D eigenvalue weighted by atomic mass is 9.69. The monoisotopic (exact) mass is 268 g/mol. The van der Waals surface area contributed by atoms with Gasteiger partial charge in [0.05, 0.1) is 11.8 Å². The summed E-state index contributed by atoms with van der Waals surface area (Å²) in [7, 11) is 0. The van der Waals surface area contributed by atoms with Crippen LogP contribution >= 0.6 is 11.8 Å². The molecule has 0 spiro atoms. The van der Waals surface area contributed by atoms with E-state index in [-0.39, 0.29) is 5.41 Å². The molecule has 0 radical (unpaired) electrons. The van der Waals surface area contributed by atoms with E-state index in [9.17, 15) is 5.11 Å². The van der Waals surface area contributed by atoms with Crippen molar-refractivity contribution in [3.8, 4) is 5.75 Å².